The van der Waals surface area contributed by atoms with Gasteiger partial charge in [-0.2, -0.15) is 0 Å². The zero-order valence-corrected chi connectivity index (χ0v) is 9.88. The predicted octanol–water partition coefficient (Wildman–Crippen LogP) is 1.44. The van der Waals surface area contributed by atoms with Crippen LogP contribution in [-0.4, -0.2) is 18.0 Å². The Bertz CT molecular complexity index is 579. The van der Waals surface area contributed by atoms with Crippen LogP contribution in [0.5, 0.6) is 5.75 Å². The second-order valence-electron chi connectivity index (χ2n) is 3.72. The number of hydrogen-bond donors (Lipinski definition) is 2. The summed E-state index contributed by atoms with van der Waals surface area (Å²) in [5.74, 6) is 0.134. The molecule has 0 atom stereocenters. The molecule has 0 saturated carbocycles. The van der Waals surface area contributed by atoms with E-state index in [-0.39, 0.29) is 5.56 Å². The van der Waals surface area contributed by atoms with Gasteiger partial charge in [-0.05, 0) is 30.3 Å². The van der Waals surface area contributed by atoms with Crippen LogP contribution in [0.15, 0.2) is 36.5 Å². The molecule has 0 spiro atoms. The number of primary amides is 1. The van der Waals surface area contributed by atoms with E-state index in [4.69, 9.17) is 16.2 Å². The van der Waals surface area contributed by atoms with E-state index >= 15 is 0 Å². The van der Waals surface area contributed by atoms with Gasteiger partial charge in [-0.1, -0.05) is 0 Å². The molecule has 1 aromatic carbocycles. The maximum Gasteiger partial charge on any atom is 0.253 e. The van der Waals surface area contributed by atoms with Crippen LogP contribution in [0.2, 0.25) is 0 Å². The number of rotatable bonds is 3. The number of hydrogen-bond acceptors (Lipinski definition) is 4. The second-order valence-corrected chi connectivity index (χ2v) is 3.72. The number of nitrogens with two attached hydrogens (primary N) is 2. The first-order valence-corrected chi connectivity index (χ1v) is 5.32. The first kappa shape index (κ1) is 11.9. The van der Waals surface area contributed by atoms with Crippen molar-refractivity contribution in [2.45, 2.75) is 0 Å². The van der Waals surface area contributed by atoms with Crippen LogP contribution in [0.4, 0.5) is 5.69 Å². The van der Waals surface area contributed by atoms with Crippen molar-refractivity contribution < 1.29 is 9.53 Å². The third-order valence-corrected chi connectivity index (χ3v) is 2.59. The fraction of sp³-hybridized carbons (Fsp3) is 0.0769. The minimum Gasteiger partial charge on any atom is -0.497 e. The van der Waals surface area contributed by atoms with Gasteiger partial charge in [0.05, 0.1) is 18.4 Å². The topological polar surface area (TPSA) is 91.2 Å². The molecule has 0 saturated heterocycles. The van der Waals surface area contributed by atoms with Gasteiger partial charge in [-0.3, -0.25) is 9.78 Å². The number of amides is 1. The lowest BCUT2D eigenvalue weighted by Gasteiger charge is -2.09. The first-order valence-electron chi connectivity index (χ1n) is 5.32. The van der Waals surface area contributed by atoms with Gasteiger partial charge in [0.1, 0.15) is 5.75 Å². The Balaban J connectivity index is 2.56. The first-order chi connectivity index (χ1) is 8.63. The second kappa shape index (κ2) is 4.75. The fourth-order valence-corrected chi connectivity index (χ4v) is 1.70. The van der Waals surface area contributed by atoms with Crippen LogP contribution in [0.3, 0.4) is 0 Å². The number of benzene rings is 1. The lowest BCUT2D eigenvalue weighted by Crippen LogP contribution is -2.15. The van der Waals surface area contributed by atoms with Crippen LogP contribution < -0.4 is 16.2 Å². The zero-order valence-electron chi connectivity index (χ0n) is 9.88. The van der Waals surface area contributed by atoms with E-state index in [0.29, 0.717) is 11.4 Å². The molecule has 18 heavy (non-hydrogen) atoms. The van der Waals surface area contributed by atoms with Gasteiger partial charge in [0.25, 0.3) is 5.91 Å². The summed E-state index contributed by atoms with van der Waals surface area (Å²) < 4.78 is 5.07. The molecule has 0 unspecified atom stereocenters. The van der Waals surface area contributed by atoms with Crippen LogP contribution in [0.1, 0.15) is 10.4 Å². The highest BCUT2D eigenvalue weighted by Crippen LogP contribution is 2.26. The number of carbonyl (C=O) groups is 1. The van der Waals surface area contributed by atoms with E-state index in [9.17, 15) is 4.79 Å². The molecular formula is C13H13N3O2. The van der Waals surface area contributed by atoms with Crippen molar-refractivity contribution in [3.05, 3.63) is 42.1 Å². The van der Waals surface area contributed by atoms with Crippen molar-refractivity contribution in [2.24, 2.45) is 5.73 Å². The van der Waals surface area contributed by atoms with Crippen LogP contribution >= 0.6 is 0 Å². The molecule has 1 heterocycles. The molecule has 4 N–H and O–H groups in total. The van der Waals surface area contributed by atoms with E-state index in [2.05, 4.69) is 4.98 Å². The molecule has 0 radical (unpaired) electrons. The summed E-state index contributed by atoms with van der Waals surface area (Å²) in [5.41, 5.74) is 12.9. The molecule has 1 aromatic heterocycles. The van der Waals surface area contributed by atoms with E-state index < -0.39 is 5.91 Å². The van der Waals surface area contributed by atoms with Gasteiger partial charge in [0.15, 0.2) is 0 Å². The van der Waals surface area contributed by atoms with Crippen molar-refractivity contribution >= 4 is 11.6 Å². The smallest absolute Gasteiger partial charge is 0.253 e. The molecule has 0 fully saturated rings. The number of methoxy groups -OCH3 is 1. The van der Waals surface area contributed by atoms with Gasteiger partial charge in [-0.25, -0.2) is 0 Å². The molecule has 2 rings (SSSR count). The molecule has 5 nitrogen and oxygen atoms in total. The minimum absolute atomic E-state index is 0.239. The average Bonchev–Trinajstić information content (AvgIpc) is 2.38. The number of nitrogens with zero attached hydrogens (tertiary/aromatic N) is 1. The fourth-order valence-electron chi connectivity index (χ4n) is 1.70. The molecule has 2 aromatic rings. The molecule has 92 valence electrons. The Morgan fingerprint density at radius 1 is 1.22 bits per heavy atom. The van der Waals surface area contributed by atoms with Gasteiger partial charge < -0.3 is 16.2 Å². The van der Waals surface area contributed by atoms with Gasteiger partial charge in [0, 0.05) is 17.4 Å². The maximum atomic E-state index is 11.4. The third kappa shape index (κ3) is 2.10. The summed E-state index contributed by atoms with van der Waals surface area (Å²) in [6, 6.07) is 8.71. The predicted molar refractivity (Wildman–Crippen MR) is 69.2 cm³/mol. The molecular weight excluding hydrogens is 230 g/mol. The van der Waals surface area contributed by atoms with Gasteiger partial charge >= 0.3 is 0 Å². The normalized spacial score (nSPS) is 10.1. The monoisotopic (exact) mass is 243 g/mol. The van der Waals surface area contributed by atoms with Crippen molar-refractivity contribution in [1.29, 1.82) is 0 Å². The lowest BCUT2D eigenvalue weighted by molar-refractivity contribution is 0.100. The molecule has 0 aliphatic rings. The Labute approximate surface area is 104 Å². The minimum atomic E-state index is -0.591. The van der Waals surface area contributed by atoms with E-state index in [1.807, 2.05) is 0 Å². The standard InChI is InChI=1S/C13H13N3O2/c1-18-9-4-2-8(3-5-9)12-11(13(15)17)10(14)6-7-16-12/h2-7H,1H3,(H2,14,16)(H2,15,17). The Morgan fingerprint density at radius 3 is 2.44 bits per heavy atom. The summed E-state index contributed by atoms with van der Waals surface area (Å²) in [6.07, 6.45) is 1.54. The zero-order chi connectivity index (χ0) is 13.1. The summed E-state index contributed by atoms with van der Waals surface area (Å²) in [7, 11) is 1.59. The molecule has 0 aliphatic carbocycles. The van der Waals surface area contributed by atoms with Crippen molar-refractivity contribution in [2.75, 3.05) is 12.8 Å². The summed E-state index contributed by atoms with van der Waals surface area (Å²) in [6.45, 7) is 0. The summed E-state index contributed by atoms with van der Waals surface area (Å²) in [4.78, 5) is 15.6. The van der Waals surface area contributed by atoms with Crippen molar-refractivity contribution in [3.8, 4) is 17.0 Å². The van der Waals surface area contributed by atoms with E-state index in [1.54, 1.807) is 43.6 Å². The Morgan fingerprint density at radius 2 is 1.89 bits per heavy atom. The highest BCUT2D eigenvalue weighted by Gasteiger charge is 2.14. The maximum absolute atomic E-state index is 11.4. The van der Waals surface area contributed by atoms with Crippen LogP contribution in [-0.2, 0) is 0 Å². The summed E-state index contributed by atoms with van der Waals surface area (Å²) >= 11 is 0. The Hall–Kier alpha value is -2.56. The summed E-state index contributed by atoms with van der Waals surface area (Å²) in [5, 5.41) is 0. The van der Waals surface area contributed by atoms with E-state index in [0.717, 1.165) is 11.3 Å². The number of pyridine rings is 1. The highest BCUT2D eigenvalue weighted by atomic mass is 16.5. The van der Waals surface area contributed by atoms with Crippen molar-refractivity contribution in [1.82, 2.24) is 4.98 Å². The Kier molecular flexibility index (Phi) is 3.14. The average molecular weight is 243 g/mol. The SMILES string of the molecule is COc1ccc(-c2nccc(N)c2C(N)=O)cc1. The molecule has 0 aliphatic heterocycles. The van der Waals surface area contributed by atoms with Gasteiger partial charge in [0.2, 0.25) is 0 Å². The van der Waals surface area contributed by atoms with Crippen molar-refractivity contribution in [3.63, 3.8) is 0 Å². The number of anilines is 1. The number of nitrogen functional groups attached to an aromatic ring is 1. The number of carbonyl (C=O) groups excluding carboxylic acids is 1. The quantitative estimate of drug-likeness (QED) is 0.853. The third-order valence-electron chi connectivity index (χ3n) is 2.59. The molecule has 5 heteroatoms. The van der Waals surface area contributed by atoms with Crippen LogP contribution in [0.25, 0.3) is 11.3 Å². The van der Waals surface area contributed by atoms with Gasteiger partial charge in [-0.15, -0.1) is 0 Å². The highest BCUT2D eigenvalue weighted by molar-refractivity contribution is 6.03. The van der Waals surface area contributed by atoms with Crippen LogP contribution in [0, 0.1) is 0 Å². The number of ether oxygens (including phenoxy) is 1. The largest absolute Gasteiger partial charge is 0.497 e. The lowest BCUT2D eigenvalue weighted by atomic mass is 10.0. The number of aromatic nitrogens is 1. The molecule has 1 amide bonds. The van der Waals surface area contributed by atoms with E-state index in [1.165, 1.54) is 0 Å². The molecule has 0 bridgehead atoms.